The lowest BCUT2D eigenvalue weighted by Crippen LogP contribution is -2.46. The van der Waals surface area contributed by atoms with Crippen LogP contribution in [0.2, 0.25) is 0 Å². The van der Waals surface area contributed by atoms with E-state index in [0.717, 1.165) is 10.4 Å². The topological polar surface area (TPSA) is 62.0 Å². The molecule has 1 amide bonds. The molecule has 1 aromatic carbocycles. The van der Waals surface area contributed by atoms with E-state index >= 15 is 0 Å². The lowest BCUT2D eigenvalue weighted by atomic mass is 9.81. The van der Waals surface area contributed by atoms with Gasteiger partial charge in [-0.25, -0.2) is 4.85 Å². The summed E-state index contributed by atoms with van der Waals surface area (Å²) in [5, 5.41) is 10.5. The highest BCUT2D eigenvalue weighted by Crippen LogP contribution is 2.46. The summed E-state index contributed by atoms with van der Waals surface area (Å²) < 4.78 is 0. The van der Waals surface area contributed by atoms with Crippen LogP contribution in [0, 0.1) is 19.4 Å². The van der Waals surface area contributed by atoms with Gasteiger partial charge in [0, 0.05) is 17.0 Å². The Bertz CT molecular complexity index is 910. The number of carboxylic acid groups (broad SMARTS) is 1. The quantitative estimate of drug-likeness (QED) is 0.801. The van der Waals surface area contributed by atoms with Crippen LogP contribution >= 0.6 is 11.3 Å². The predicted octanol–water partition coefficient (Wildman–Crippen LogP) is 4.63. The van der Waals surface area contributed by atoms with E-state index in [4.69, 9.17) is 6.57 Å². The van der Waals surface area contributed by atoms with E-state index in [0.29, 0.717) is 22.7 Å². The fourth-order valence-electron chi connectivity index (χ4n) is 3.50. The number of aliphatic carboxylic acids is 1. The summed E-state index contributed by atoms with van der Waals surface area (Å²) in [5.74, 6) is -1.75. The number of amides is 1. The molecule has 0 bridgehead atoms. The number of rotatable bonds is 4. The molecule has 2 atom stereocenters. The van der Waals surface area contributed by atoms with E-state index in [1.807, 2.05) is 26.8 Å². The number of hydrogen-bond donors (Lipinski definition) is 1. The van der Waals surface area contributed by atoms with Crippen LogP contribution in [0.15, 0.2) is 30.3 Å². The zero-order chi connectivity index (χ0) is 19.0. The second kappa shape index (κ2) is 6.93. The van der Waals surface area contributed by atoms with Crippen molar-refractivity contribution in [3.63, 3.8) is 0 Å². The maximum atomic E-state index is 13.2. The van der Waals surface area contributed by atoms with Crippen LogP contribution in [0.4, 0.5) is 5.00 Å². The minimum atomic E-state index is -0.958. The molecular weight excluding hydrogens is 348 g/mol. The maximum absolute atomic E-state index is 13.2. The molecule has 1 N–H and O–H groups in total. The molecule has 6 heteroatoms. The first-order valence-corrected chi connectivity index (χ1v) is 9.26. The Morgan fingerprint density at radius 1 is 1.35 bits per heavy atom. The third-order valence-electron chi connectivity index (χ3n) is 4.53. The third-order valence-corrected chi connectivity index (χ3v) is 5.58. The molecule has 0 spiro atoms. The van der Waals surface area contributed by atoms with Gasteiger partial charge >= 0.3 is 5.97 Å². The van der Waals surface area contributed by atoms with Gasteiger partial charge in [0.25, 0.3) is 5.91 Å². The standard InChI is InChI=1S/C20H20N2O3S/c1-11(2)10-22-18(15-7-8-16(21-4)26-15)17(20(24)25)14-9-12(3)5-6-13(14)19(22)23/h5-9,11,17-18H,10H2,1-3H3,(H,24,25). The Morgan fingerprint density at radius 2 is 2.08 bits per heavy atom. The molecule has 1 aliphatic heterocycles. The molecule has 2 aromatic rings. The molecule has 0 saturated heterocycles. The summed E-state index contributed by atoms with van der Waals surface area (Å²) in [6.07, 6.45) is 0. The Labute approximate surface area is 156 Å². The number of carboxylic acids is 1. The van der Waals surface area contributed by atoms with Gasteiger partial charge in [-0.05, 0) is 30.5 Å². The summed E-state index contributed by atoms with van der Waals surface area (Å²) in [6, 6.07) is 8.24. The highest BCUT2D eigenvalue weighted by molar-refractivity contribution is 7.16. The van der Waals surface area contributed by atoms with Gasteiger partial charge in [-0.15, -0.1) is 0 Å². The van der Waals surface area contributed by atoms with Gasteiger partial charge < -0.3 is 10.0 Å². The number of hydrogen-bond acceptors (Lipinski definition) is 3. The molecule has 3 rings (SSSR count). The molecule has 1 aromatic heterocycles. The lowest BCUT2D eigenvalue weighted by Gasteiger charge is -2.41. The zero-order valence-corrected chi connectivity index (χ0v) is 15.7. The molecule has 0 fully saturated rings. The van der Waals surface area contributed by atoms with Crippen molar-refractivity contribution in [3.8, 4) is 0 Å². The van der Waals surface area contributed by atoms with Crippen LogP contribution in [0.25, 0.3) is 4.85 Å². The van der Waals surface area contributed by atoms with Crippen LogP contribution in [0.3, 0.4) is 0 Å². The molecule has 2 heterocycles. The number of carbonyl (C=O) groups excluding carboxylic acids is 1. The van der Waals surface area contributed by atoms with Crippen molar-refractivity contribution in [1.82, 2.24) is 4.90 Å². The van der Waals surface area contributed by atoms with Crippen LogP contribution < -0.4 is 0 Å². The Kier molecular flexibility index (Phi) is 4.84. The van der Waals surface area contributed by atoms with Gasteiger partial charge in [0.2, 0.25) is 5.00 Å². The largest absolute Gasteiger partial charge is 0.481 e. The number of thiophene rings is 1. The van der Waals surface area contributed by atoms with Crippen LogP contribution in [-0.2, 0) is 4.79 Å². The van der Waals surface area contributed by atoms with Crippen molar-refractivity contribution in [2.24, 2.45) is 5.92 Å². The van der Waals surface area contributed by atoms with E-state index < -0.39 is 17.9 Å². The van der Waals surface area contributed by atoms with Crippen LogP contribution in [0.5, 0.6) is 0 Å². The van der Waals surface area contributed by atoms with Crippen LogP contribution in [0.1, 0.15) is 52.2 Å². The fourth-order valence-corrected chi connectivity index (χ4v) is 4.45. The Morgan fingerprint density at radius 3 is 2.65 bits per heavy atom. The number of fused-ring (bicyclic) bond motifs is 1. The molecule has 0 radical (unpaired) electrons. The van der Waals surface area contributed by atoms with Crippen molar-refractivity contribution < 1.29 is 14.7 Å². The lowest BCUT2D eigenvalue weighted by molar-refractivity contribution is -0.140. The van der Waals surface area contributed by atoms with Gasteiger partial charge in [-0.2, -0.15) is 11.3 Å². The molecule has 0 saturated carbocycles. The van der Waals surface area contributed by atoms with Crippen molar-refractivity contribution in [3.05, 3.63) is 63.3 Å². The maximum Gasteiger partial charge on any atom is 0.313 e. The van der Waals surface area contributed by atoms with Crippen molar-refractivity contribution in [2.75, 3.05) is 6.54 Å². The highest BCUT2D eigenvalue weighted by atomic mass is 32.1. The van der Waals surface area contributed by atoms with Crippen LogP contribution in [-0.4, -0.2) is 28.4 Å². The Hall–Kier alpha value is -2.65. The van der Waals surface area contributed by atoms with Gasteiger partial charge in [-0.3, -0.25) is 9.59 Å². The fraction of sp³-hybridized carbons (Fsp3) is 0.350. The third kappa shape index (κ3) is 3.11. The molecule has 0 aliphatic carbocycles. The Balaban J connectivity index is 2.23. The SMILES string of the molecule is [C-]#[N+]c1ccc(C2C(C(=O)O)c3cc(C)ccc3C(=O)N2CC(C)C)s1. The molecule has 1 aliphatic rings. The first-order valence-electron chi connectivity index (χ1n) is 8.45. The average molecular weight is 368 g/mol. The van der Waals surface area contributed by atoms with E-state index in [1.54, 1.807) is 29.2 Å². The summed E-state index contributed by atoms with van der Waals surface area (Å²) in [7, 11) is 0. The van der Waals surface area contributed by atoms with Crippen molar-refractivity contribution in [2.45, 2.75) is 32.7 Å². The summed E-state index contributed by atoms with van der Waals surface area (Å²) >= 11 is 1.26. The first-order chi connectivity index (χ1) is 12.3. The molecular formula is C20H20N2O3S. The van der Waals surface area contributed by atoms with E-state index in [1.165, 1.54) is 11.3 Å². The number of nitrogens with zero attached hydrogens (tertiary/aromatic N) is 2. The summed E-state index contributed by atoms with van der Waals surface area (Å²) in [6.45, 7) is 13.6. The van der Waals surface area contributed by atoms with Gasteiger partial charge in [0.05, 0.1) is 12.6 Å². The van der Waals surface area contributed by atoms with Crippen molar-refractivity contribution in [1.29, 1.82) is 0 Å². The number of carbonyl (C=O) groups is 2. The normalized spacial score (nSPS) is 19.3. The minimum absolute atomic E-state index is 0.144. The second-order valence-electron chi connectivity index (χ2n) is 6.99. The molecule has 2 unspecified atom stereocenters. The predicted molar refractivity (Wildman–Crippen MR) is 101 cm³/mol. The van der Waals surface area contributed by atoms with Gasteiger partial charge in [0.1, 0.15) is 5.92 Å². The minimum Gasteiger partial charge on any atom is -0.481 e. The highest BCUT2D eigenvalue weighted by Gasteiger charge is 2.45. The molecule has 134 valence electrons. The van der Waals surface area contributed by atoms with Gasteiger partial charge in [-0.1, -0.05) is 37.6 Å². The van der Waals surface area contributed by atoms with E-state index in [2.05, 4.69) is 4.85 Å². The summed E-state index contributed by atoms with van der Waals surface area (Å²) in [4.78, 5) is 31.2. The summed E-state index contributed by atoms with van der Waals surface area (Å²) in [5.41, 5.74) is 1.94. The van der Waals surface area contributed by atoms with E-state index in [9.17, 15) is 14.7 Å². The number of aryl methyl sites for hydroxylation is 1. The molecule has 26 heavy (non-hydrogen) atoms. The van der Waals surface area contributed by atoms with E-state index in [-0.39, 0.29) is 11.8 Å². The second-order valence-corrected chi connectivity index (χ2v) is 8.08. The first kappa shape index (κ1) is 18.2. The average Bonchev–Trinajstić information content (AvgIpc) is 3.04. The van der Waals surface area contributed by atoms with Crippen molar-refractivity contribution >= 4 is 28.2 Å². The zero-order valence-electron chi connectivity index (χ0n) is 14.9. The smallest absolute Gasteiger partial charge is 0.313 e. The monoisotopic (exact) mass is 368 g/mol. The van der Waals surface area contributed by atoms with Gasteiger partial charge in [0.15, 0.2) is 0 Å². The molecule has 5 nitrogen and oxygen atoms in total. The number of benzene rings is 1.